The van der Waals surface area contributed by atoms with Gasteiger partial charge in [-0.15, -0.1) is 0 Å². The average Bonchev–Trinajstić information content (AvgIpc) is 3.19. The summed E-state index contributed by atoms with van der Waals surface area (Å²) in [7, 11) is 0. The summed E-state index contributed by atoms with van der Waals surface area (Å²) in [4.78, 5) is 16.6. The summed E-state index contributed by atoms with van der Waals surface area (Å²) in [5.41, 5.74) is 6.05. The normalized spacial score (nSPS) is 29.6. The molecule has 0 aromatic heterocycles. The van der Waals surface area contributed by atoms with E-state index < -0.39 is 0 Å². The fourth-order valence-corrected chi connectivity index (χ4v) is 3.28. The van der Waals surface area contributed by atoms with Crippen LogP contribution in [0.1, 0.15) is 32.1 Å². The number of carbonyl (C=O) groups is 1. The van der Waals surface area contributed by atoms with Crippen molar-refractivity contribution in [3.8, 4) is 0 Å². The van der Waals surface area contributed by atoms with Gasteiger partial charge in [0.2, 0.25) is 5.91 Å². The van der Waals surface area contributed by atoms with E-state index in [0.29, 0.717) is 18.4 Å². The van der Waals surface area contributed by atoms with Gasteiger partial charge >= 0.3 is 0 Å². The van der Waals surface area contributed by atoms with Gasteiger partial charge in [-0.05, 0) is 31.6 Å². The standard InChI is InChI=1S/C15H27N3O2/c16-14(12-3-4-12)10-15(19)18-7-5-17(6-8-18)11-13-2-1-9-20-13/h12-14H,1-11,16H2. The van der Waals surface area contributed by atoms with E-state index in [9.17, 15) is 4.79 Å². The summed E-state index contributed by atoms with van der Waals surface area (Å²) in [6, 6.07) is 0.0902. The first-order chi connectivity index (χ1) is 9.72. The van der Waals surface area contributed by atoms with Crippen molar-refractivity contribution in [2.24, 2.45) is 11.7 Å². The van der Waals surface area contributed by atoms with Crippen molar-refractivity contribution in [1.82, 2.24) is 9.80 Å². The molecule has 0 spiro atoms. The second kappa shape index (κ2) is 6.41. The molecule has 2 saturated heterocycles. The Bertz CT molecular complexity index is 332. The number of carbonyl (C=O) groups excluding carboxylic acids is 1. The van der Waals surface area contributed by atoms with Gasteiger partial charge in [-0.25, -0.2) is 0 Å². The van der Waals surface area contributed by atoms with Crippen LogP contribution in [0.5, 0.6) is 0 Å². The van der Waals surface area contributed by atoms with E-state index in [1.165, 1.54) is 25.7 Å². The van der Waals surface area contributed by atoms with E-state index in [1.807, 2.05) is 4.90 Å². The minimum atomic E-state index is 0.0902. The largest absolute Gasteiger partial charge is 0.377 e. The monoisotopic (exact) mass is 281 g/mol. The smallest absolute Gasteiger partial charge is 0.224 e. The molecule has 5 nitrogen and oxygen atoms in total. The molecule has 0 radical (unpaired) electrons. The number of nitrogens with zero attached hydrogens (tertiary/aromatic N) is 2. The number of amides is 1. The third-order valence-corrected chi connectivity index (χ3v) is 4.85. The van der Waals surface area contributed by atoms with E-state index in [1.54, 1.807) is 0 Å². The van der Waals surface area contributed by atoms with Gasteiger partial charge in [0.25, 0.3) is 0 Å². The molecule has 3 fully saturated rings. The molecule has 2 N–H and O–H groups in total. The molecule has 2 aliphatic heterocycles. The van der Waals surface area contributed by atoms with E-state index in [4.69, 9.17) is 10.5 Å². The Morgan fingerprint density at radius 2 is 1.95 bits per heavy atom. The van der Waals surface area contributed by atoms with Gasteiger partial charge in [-0.3, -0.25) is 9.69 Å². The molecule has 2 atom stereocenters. The quantitative estimate of drug-likeness (QED) is 0.794. The predicted molar refractivity (Wildman–Crippen MR) is 77.3 cm³/mol. The number of piperazine rings is 1. The summed E-state index contributed by atoms with van der Waals surface area (Å²) in [6.45, 7) is 5.60. The molecular weight excluding hydrogens is 254 g/mol. The SMILES string of the molecule is NC(CC(=O)N1CCN(CC2CCCO2)CC1)C1CC1. The maximum atomic E-state index is 12.2. The topological polar surface area (TPSA) is 58.8 Å². The van der Waals surface area contributed by atoms with E-state index >= 15 is 0 Å². The zero-order valence-corrected chi connectivity index (χ0v) is 12.3. The zero-order chi connectivity index (χ0) is 13.9. The van der Waals surface area contributed by atoms with Crippen LogP contribution in [0.2, 0.25) is 0 Å². The summed E-state index contributed by atoms with van der Waals surface area (Å²) >= 11 is 0. The molecule has 3 aliphatic rings. The van der Waals surface area contributed by atoms with Crippen molar-refractivity contribution >= 4 is 5.91 Å². The highest BCUT2D eigenvalue weighted by molar-refractivity contribution is 5.77. The molecule has 0 bridgehead atoms. The molecule has 0 aromatic rings. The van der Waals surface area contributed by atoms with Crippen LogP contribution >= 0.6 is 0 Å². The van der Waals surface area contributed by atoms with E-state index in [2.05, 4.69) is 4.90 Å². The van der Waals surface area contributed by atoms with Gasteiger partial charge in [0.05, 0.1) is 6.10 Å². The van der Waals surface area contributed by atoms with Crippen LogP contribution in [-0.4, -0.2) is 67.2 Å². The molecule has 114 valence electrons. The van der Waals surface area contributed by atoms with Crippen molar-refractivity contribution in [3.05, 3.63) is 0 Å². The zero-order valence-electron chi connectivity index (χ0n) is 12.3. The highest BCUT2D eigenvalue weighted by Gasteiger charge is 2.32. The molecule has 20 heavy (non-hydrogen) atoms. The Hall–Kier alpha value is -0.650. The third-order valence-electron chi connectivity index (χ3n) is 4.85. The molecule has 2 heterocycles. The minimum absolute atomic E-state index is 0.0902. The number of nitrogens with two attached hydrogens (primary N) is 1. The summed E-state index contributed by atoms with van der Waals surface area (Å²) in [5.74, 6) is 0.862. The number of hydrogen-bond acceptors (Lipinski definition) is 4. The second-order valence-electron chi connectivity index (χ2n) is 6.52. The summed E-state index contributed by atoms with van der Waals surface area (Å²) in [5, 5.41) is 0. The van der Waals surface area contributed by atoms with Gasteiger partial charge in [-0.2, -0.15) is 0 Å². The fraction of sp³-hybridized carbons (Fsp3) is 0.933. The maximum absolute atomic E-state index is 12.2. The van der Waals surface area contributed by atoms with Gasteiger partial charge in [-0.1, -0.05) is 0 Å². The number of ether oxygens (including phenoxy) is 1. The van der Waals surface area contributed by atoms with Crippen molar-refractivity contribution in [1.29, 1.82) is 0 Å². The molecule has 1 amide bonds. The molecular formula is C15H27N3O2. The Morgan fingerprint density at radius 3 is 2.55 bits per heavy atom. The first-order valence-electron chi connectivity index (χ1n) is 8.09. The Kier molecular flexibility index (Phi) is 4.58. The van der Waals surface area contributed by atoms with Crippen LogP contribution in [0.25, 0.3) is 0 Å². The molecule has 5 heteroatoms. The highest BCUT2D eigenvalue weighted by atomic mass is 16.5. The fourth-order valence-electron chi connectivity index (χ4n) is 3.28. The lowest BCUT2D eigenvalue weighted by Gasteiger charge is -2.36. The summed E-state index contributed by atoms with van der Waals surface area (Å²) < 4.78 is 5.68. The van der Waals surface area contributed by atoms with Crippen LogP contribution < -0.4 is 5.73 Å². The first kappa shape index (κ1) is 14.3. The lowest BCUT2D eigenvalue weighted by molar-refractivity contribution is -0.133. The Morgan fingerprint density at radius 1 is 1.20 bits per heavy atom. The van der Waals surface area contributed by atoms with Crippen molar-refractivity contribution in [3.63, 3.8) is 0 Å². The van der Waals surface area contributed by atoms with Gasteiger partial charge in [0.15, 0.2) is 0 Å². The van der Waals surface area contributed by atoms with Crippen LogP contribution in [0, 0.1) is 5.92 Å². The minimum Gasteiger partial charge on any atom is -0.377 e. The maximum Gasteiger partial charge on any atom is 0.224 e. The van der Waals surface area contributed by atoms with Crippen molar-refractivity contribution in [2.45, 2.75) is 44.2 Å². The van der Waals surface area contributed by atoms with Gasteiger partial charge in [0, 0.05) is 51.8 Å². The summed E-state index contributed by atoms with van der Waals surface area (Å²) in [6.07, 6.45) is 5.77. The molecule has 1 aliphatic carbocycles. The Labute approximate surface area is 121 Å². The van der Waals surface area contributed by atoms with E-state index in [0.717, 1.165) is 39.3 Å². The molecule has 2 unspecified atom stereocenters. The number of hydrogen-bond donors (Lipinski definition) is 1. The van der Waals surface area contributed by atoms with Crippen LogP contribution in [-0.2, 0) is 9.53 Å². The lowest BCUT2D eigenvalue weighted by Crippen LogP contribution is -2.51. The van der Waals surface area contributed by atoms with Gasteiger partial charge < -0.3 is 15.4 Å². The van der Waals surface area contributed by atoms with Gasteiger partial charge in [0.1, 0.15) is 0 Å². The van der Waals surface area contributed by atoms with Crippen molar-refractivity contribution in [2.75, 3.05) is 39.3 Å². The van der Waals surface area contributed by atoms with E-state index in [-0.39, 0.29) is 11.9 Å². The third kappa shape index (κ3) is 3.71. The second-order valence-corrected chi connectivity index (χ2v) is 6.52. The lowest BCUT2D eigenvalue weighted by atomic mass is 10.1. The van der Waals surface area contributed by atoms with Crippen LogP contribution in [0.3, 0.4) is 0 Å². The first-order valence-corrected chi connectivity index (χ1v) is 8.09. The number of rotatable bonds is 5. The molecule has 3 rings (SSSR count). The van der Waals surface area contributed by atoms with Crippen molar-refractivity contribution < 1.29 is 9.53 Å². The van der Waals surface area contributed by atoms with Crippen LogP contribution in [0.15, 0.2) is 0 Å². The Balaban J connectivity index is 1.37. The van der Waals surface area contributed by atoms with Crippen LogP contribution in [0.4, 0.5) is 0 Å². The average molecular weight is 281 g/mol. The molecule has 0 aromatic carbocycles. The highest BCUT2D eigenvalue weighted by Crippen LogP contribution is 2.33. The molecule has 1 saturated carbocycles. The predicted octanol–water partition coefficient (Wildman–Crippen LogP) is 0.437.